The van der Waals surface area contributed by atoms with Gasteiger partial charge in [-0.25, -0.2) is 9.36 Å². The van der Waals surface area contributed by atoms with Gasteiger partial charge in [0, 0.05) is 17.8 Å². The fraction of sp³-hybridized carbons (Fsp3) is 0.417. The molecule has 0 aromatic heterocycles. The highest BCUT2D eigenvalue weighted by Crippen LogP contribution is 2.31. The average Bonchev–Trinajstić information content (AvgIpc) is 2.85. The molecule has 0 spiro atoms. The highest BCUT2D eigenvalue weighted by atomic mass is 35.7. The van der Waals surface area contributed by atoms with E-state index in [2.05, 4.69) is 4.52 Å². The van der Waals surface area contributed by atoms with Crippen LogP contribution in [0.3, 0.4) is 0 Å². The maximum absolute atomic E-state index is 11.7. The van der Waals surface area contributed by atoms with Crippen molar-refractivity contribution in [3.05, 3.63) is 35.9 Å². The summed E-state index contributed by atoms with van der Waals surface area (Å²) in [6, 6.07) is 9.13. The minimum absolute atomic E-state index is 0.387. The zero-order valence-corrected chi connectivity index (χ0v) is 11.8. The maximum Gasteiger partial charge on any atom is 0.375 e. The van der Waals surface area contributed by atoms with E-state index in [-0.39, 0.29) is 0 Å². The Morgan fingerprint density at radius 1 is 1.42 bits per heavy atom. The fourth-order valence-electron chi connectivity index (χ4n) is 1.99. The van der Waals surface area contributed by atoms with Gasteiger partial charge in [-0.3, -0.25) is 4.84 Å². The Labute approximate surface area is 117 Å². The summed E-state index contributed by atoms with van der Waals surface area (Å²) < 4.78 is 15.2. The van der Waals surface area contributed by atoms with E-state index in [0.717, 1.165) is 12.0 Å². The first-order valence-electron chi connectivity index (χ1n) is 5.95. The van der Waals surface area contributed by atoms with E-state index < -0.39 is 19.4 Å². The standard InChI is InChI=1S/C12H14ClNO4P/c13-19(16)18-12(15)11-7-4-8-14(11)17-9-10-5-2-1-3-6-10/h1-3,5-6,11H,4,7-9H2/t11-/m0/s1. The van der Waals surface area contributed by atoms with Gasteiger partial charge < -0.3 is 4.52 Å². The number of benzene rings is 1. The van der Waals surface area contributed by atoms with Gasteiger partial charge in [-0.05, 0) is 18.4 Å². The van der Waals surface area contributed by atoms with Crippen LogP contribution in [0.15, 0.2) is 30.3 Å². The van der Waals surface area contributed by atoms with Gasteiger partial charge in [0.15, 0.2) is 0 Å². The van der Waals surface area contributed by atoms with Crippen molar-refractivity contribution >= 4 is 24.6 Å². The second-order valence-corrected chi connectivity index (χ2v) is 5.62. The molecule has 5 nitrogen and oxygen atoms in total. The van der Waals surface area contributed by atoms with Crippen molar-refractivity contribution in [2.24, 2.45) is 0 Å². The Hall–Kier alpha value is -1.00. The van der Waals surface area contributed by atoms with Crippen LogP contribution in [0.25, 0.3) is 0 Å². The summed E-state index contributed by atoms with van der Waals surface area (Å²) in [6.07, 6.45) is 1.45. The number of halogens is 1. The minimum atomic E-state index is -2.44. The summed E-state index contributed by atoms with van der Waals surface area (Å²) >= 11 is 5.18. The molecule has 1 aliphatic heterocycles. The van der Waals surface area contributed by atoms with Crippen molar-refractivity contribution in [3.63, 3.8) is 0 Å². The first-order chi connectivity index (χ1) is 9.16. The number of hydroxylamine groups is 2. The molecule has 1 aromatic rings. The van der Waals surface area contributed by atoms with Crippen LogP contribution in [0.4, 0.5) is 0 Å². The molecule has 1 unspecified atom stereocenters. The molecule has 103 valence electrons. The summed E-state index contributed by atoms with van der Waals surface area (Å²) in [5.74, 6) is -0.596. The molecule has 7 heteroatoms. The predicted molar refractivity (Wildman–Crippen MR) is 70.5 cm³/mol. The molecule has 0 saturated carbocycles. The third kappa shape index (κ3) is 4.25. The number of rotatable bonds is 5. The normalized spacial score (nSPS) is 20.3. The largest absolute Gasteiger partial charge is 0.375 e. The van der Waals surface area contributed by atoms with Gasteiger partial charge in [-0.1, -0.05) is 30.3 Å². The minimum Gasteiger partial charge on any atom is -0.370 e. The Morgan fingerprint density at radius 2 is 2.16 bits per heavy atom. The molecular formula is C12H14ClNO4P. The second-order valence-electron chi connectivity index (χ2n) is 4.18. The third-order valence-electron chi connectivity index (χ3n) is 2.88. The first kappa shape index (κ1) is 14.4. The Bertz CT molecular complexity index is 456. The summed E-state index contributed by atoms with van der Waals surface area (Å²) in [5.41, 5.74) is 1.02. The summed E-state index contributed by atoms with van der Waals surface area (Å²) in [5, 5.41) is 1.57. The molecule has 0 bridgehead atoms. The van der Waals surface area contributed by atoms with Gasteiger partial charge in [0.25, 0.3) is 0 Å². The number of hydrogen-bond acceptors (Lipinski definition) is 5. The molecule has 2 atom stereocenters. The number of carbonyl (C=O) groups excluding carboxylic acids is 1. The molecule has 2 rings (SSSR count). The average molecular weight is 303 g/mol. The third-order valence-corrected chi connectivity index (χ3v) is 3.41. The van der Waals surface area contributed by atoms with Crippen molar-refractivity contribution in [1.82, 2.24) is 5.06 Å². The molecule has 1 heterocycles. The zero-order chi connectivity index (χ0) is 13.7. The van der Waals surface area contributed by atoms with Gasteiger partial charge in [-0.2, -0.15) is 5.06 Å². The molecule has 1 fully saturated rings. The van der Waals surface area contributed by atoms with E-state index in [9.17, 15) is 9.36 Å². The molecule has 1 aliphatic rings. The smallest absolute Gasteiger partial charge is 0.370 e. The monoisotopic (exact) mass is 302 g/mol. The van der Waals surface area contributed by atoms with Crippen molar-refractivity contribution in [1.29, 1.82) is 0 Å². The molecular weight excluding hydrogens is 289 g/mol. The highest BCUT2D eigenvalue weighted by Gasteiger charge is 2.34. The van der Waals surface area contributed by atoms with E-state index in [0.29, 0.717) is 19.6 Å². The molecule has 0 N–H and O–H groups in total. The lowest BCUT2D eigenvalue weighted by Crippen LogP contribution is -2.36. The number of carbonyl (C=O) groups is 1. The van der Waals surface area contributed by atoms with Crippen LogP contribution in [-0.4, -0.2) is 23.6 Å². The number of hydrogen-bond donors (Lipinski definition) is 0. The molecule has 0 aliphatic carbocycles. The van der Waals surface area contributed by atoms with Crippen LogP contribution < -0.4 is 0 Å². The Kier molecular flexibility index (Phi) is 5.28. The fourth-order valence-corrected chi connectivity index (χ4v) is 2.46. The molecule has 1 radical (unpaired) electrons. The quantitative estimate of drug-likeness (QED) is 0.783. The summed E-state index contributed by atoms with van der Waals surface area (Å²) in [6.45, 7) is 1.03. The van der Waals surface area contributed by atoms with Crippen molar-refractivity contribution in [3.8, 4) is 0 Å². The van der Waals surface area contributed by atoms with Crippen LogP contribution >= 0.6 is 18.6 Å². The van der Waals surface area contributed by atoms with E-state index in [1.807, 2.05) is 30.3 Å². The van der Waals surface area contributed by atoms with Crippen molar-refractivity contribution in [2.75, 3.05) is 6.54 Å². The number of nitrogens with zero attached hydrogens (tertiary/aromatic N) is 1. The predicted octanol–water partition coefficient (Wildman–Crippen LogP) is 3.02. The Morgan fingerprint density at radius 3 is 2.84 bits per heavy atom. The second kappa shape index (κ2) is 6.96. The van der Waals surface area contributed by atoms with Gasteiger partial charge in [0.1, 0.15) is 6.04 Å². The topological polar surface area (TPSA) is 55.8 Å². The van der Waals surface area contributed by atoms with Gasteiger partial charge in [0.05, 0.1) is 6.61 Å². The van der Waals surface area contributed by atoms with E-state index in [1.165, 1.54) is 0 Å². The molecule has 0 amide bonds. The van der Waals surface area contributed by atoms with E-state index in [1.54, 1.807) is 5.06 Å². The highest BCUT2D eigenvalue weighted by molar-refractivity contribution is 7.70. The molecule has 1 aromatic carbocycles. The molecule has 1 saturated heterocycles. The van der Waals surface area contributed by atoms with Crippen LogP contribution in [0, 0.1) is 0 Å². The maximum atomic E-state index is 11.7. The van der Waals surface area contributed by atoms with Crippen LogP contribution in [0.2, 0.25) is 0 Å². The van der Waals surface area contributed by atoms with E-state index in [4.69, 9.17) is 16.1 Å². The van der Waals surface area contributed by atoms with Gasteiger partial charge in [0.2, 0.25) is 0 Å². The van der Waals surface area contributed by atoms with Crippen LogP contribution in [0.1, 0.15) is 18.4 Å². The Balaban J connectivity index is 1.88. The lowest BCUT2D eigenvalue weighted by Gasteiger charge is -2.21. The first-order valence-corrected chi connectivity index (χ1v) is 8.03. The van der Waals surface area contributed by atoms with Crippen LogP contribution in [-0.2, 0) is 25.3 Å². The summed E-state index contributed by atoms with van der Waals surface area (Å²) in [4.78, 5) is 17.3. The van der Waals surface area contributed by atoms with Crippen molar-refractivity contribution in [2.45, 2.75) is 25.5 Å². The zero-order valence-electron chi connectivity index (χ0n) is 10.2. The molecule has 19 heavy (non-hydrogen) atoms. The summed E-state index contributed by atoms with van der Waals surface area (Å²) in [7, 11) is -2.44. The van der Waals surface area contributed by atoms with Gasteiger partial charge >= 0.3 is 13.3 Å². The van der Waals surface area contributed by atoms with Crippen molar-refractivity contribution < 1.29 is 18.7 Å². The lowest BCUT2D eigenvalue weighted by molar-refractivity contribution is -0.190. The lowest BCUT2D eigenvalue weighted by atomic mass is 10.2. The SMILES string of the molecule is O=C(O[P](=O)Cl)[C@@H]1CCCN1OCc1ccccc1. The van der Waals surface area contributed by atoms with Crippen LogP contribution in [0.5, 0.6) is 0 Å². The van der Waals surface area contributed by atoms with Gasteiger partial charge in [-0.15, -0.1) is 0 Å². The van der Waals surface area contributed by atoms with E-state index >= 15 is 0 Å².